The van der Waals surface area contributed by atoms with Crippen molar-refractivity contribution in [3.05, 3.63) is 95.5 Å². The molecule has 4 nitrogen and oxygen atoms in total. The summed E-state index contributed by atoms with van der Waals surface area (Å²) in [6, 6.07) is 25.4. The van der Waals surface area contributed by atoms with Crippen LogP contribution in [0.25, 0.3) is 44.2 Å². The highest BCUT2D eigenvalue weighted by Gasteiger charge is 2.27. The maximum atomic E-state index is 13.3. The normalized spacial score (nSPS) is 12.2. The summed E-state index contributed by atoms with van der Waals surface area (Å²) in [7, 11) is 0. The number of hydrogen-bond acceptors (Lipinski definition) is 2. The molecule has 5 rings (SSSR count). The largest absolute Gasteiger partial charge is 0.710 e. The zero-order chi connectivity index (χ0) is 19.3. The molecule has 0 aliphatic rings. The van der Waals surface area contributed by atoms with Crippen LogP contribution in [0.1, 0.15) is 18.3 Å². The number of nitrogens with zero attached hydrogens (tertiary/aromatic N) is 2. The molecule has 0 saturated heterocycles. The van der Waals surface area contributed by atoms with Gasteiger partial charge in [0.05, 0.1) is 0 Å². The summed E-state index contributed by atoms with van der Waals surface area (Å²) in [6.45, 7) is 1.84. The smallest absolute Gasteiger partial charge is 0.328 e. The van der Waals surface area contributed by atoms with Crippen LogP contribution in [0.4, 0.5) is 0 Å². The van der Waals surface area contributed by atoms with Gasteiger partial charge in [0.2, 0.25) is 5.52 Å². The molecule has 0 atom stereocenters. The van der Waals surface area contributed by atoms with Crippen LogP contribution in [0.2, 0.25) is 0 Å². The summed E-state index contributed by atoms with van der Waals surface area (Å²) in [5, 5.41) is 28.0. The molecule has 0 unspecified atom stereocenters. The Morgan fingerprint density at radius 3 is 2.04 bits per heavy atom. The van der Waals surface area contributed by atoms with Crippen molar-refractivity contribution < 1.29 is 9.94 Å². The molecule has 136 valence electrons. The Bertz CT molecular complexity index is 1300. The molecule has 0 aliphatic carbocycles. The first kappa shape index (κ1) is 16.4. The summed E-state index contributed by atoms with van der Waals surface area (Å²) in [6.07, 6.45) is 1.90. The molecule has 4 aromatic carbocycles. The van der Waals surface area contributed by atoms with Crippen LogP contribution in [0.15, 0.2) is 78.9 Å². The average Bonchev–Trinajstić information content (AvgIpc) is 3.00. The number of allylic oxidation sites excluding steroid dienone is 1. The van der Waals surface area contributed by atoms with E-state index in [1.165, 1.54) is 0 Å². The third kappa shape index (κ3) is 2.28. The van der Waals surface area contributed by atoms with Crippen molar-refractivity contribution in [2.24, 2.45) is 0 Å². The van der Waals surface area contributed by atoms with Gasteiger partial charge >= 0.3 is 5.82 Å². The van der Waals surface area contributed by atoms with Gasteiger partial charge in [-0.25, -0.2) is 4.73 Å². The van der Waals surface area contributed by atoms with Gasteiger partial charge in [-0.3, -0.25) is 0 Å². The number of hydrogen-bond donors (Lipinski definition) is 1. The molecule has 0 amide bonds. The quantitative estimate of drug-likeness (QED) is 0.197. The number of rotatable bonds is 2. The second kappa shape index (κ2) is 6.13. The van der Waals surface area contributed by atoms with Gasteiger partial charge in [0.1, 0.15) is 0 Å². The number of benzene rings is 4. The first-order valence-corrected chi connectivity index (χ1v) is 9.17. The van der Waals surface area contributed by atoms with E-state index in [0.717, 1.165) is 36.6 Å². The predicted octanol–water partition coefficient (Wildman–Crippen LogP) is 5.38. The van der Waals surface area contributed by atoms with Crippen LogP contribution < -0.4 is 4.73 Å². The van der Waals surface area contributed by atoms with Crippen molar-refractivity contribution in [1.82, 2.24) is 4.73 Å². The summed E-state index contributed by atoms with van der Waals surface area (Å²) in [5.41, 5.74) is 2.67. The maximum absolute atomic E-state index is 13.3. The Labute approximate surface area is 161 Å². The van der Waals surface area contributed by atoms with Crippen LogP contribution in [-0.4, -0.2) is 9.94 Å². The SMILES string of the molecule is C/C(=C\c1ccccc1)c1n(O)c2c3ccccc3c3ccccc3c2[n+]1[O-]. The third-order valence-corrected chi connectivity index (χ3v) is 5.22. The van der Waals surface area contributed by atoms with Crippen molar-refractivity contribution in [3.63, 3.8) is 0 Å². The van der Waals surface area contributed by atoms with Crippen molar-refractivity contribution in [2.75, 3.05) is 0 Å². The van der Waals surface area contributed by atoms with Gasteiger partial charge in [-0.2, -0.15) is 0 Å². The molecule has 28 heavy (non-hydrogen) atoms. The third-order valence-electron chi connectivity index (χ3n) is 5.22. The molecule has 1 N–H and O–H groups in total. The van der Waals surface area contributed by atoms with Crippen molar-refractivity contribution in [3.8, 4) is 0 Å². The Hall–Kier alpha value is -3.79. The lowest BCUT2D eigenvalue weighted by atomic mass is 10.00. The molecule has 0 radical (unpaired) electrons. The van der Waals surface area contributed by atoms with Crippen molar-refractivity contribution >= 4 is 44.2 Å². The summed E-state index contributed by atoms with van der Waals surface area (Å²) in [5.74, 6) is 0.223. The van der Waals surface area contributed by atoms with Crippen LogP contribution >= 0.6 is 0 Å². The Balaban J connectivity index is 1.93. The minimum absolute atomic E-state index is 0.223. The molecule has 1 aromatic heterocycles. The maximum Gasteiger partial charge on any atom is 0.328 e. The highest BCUT2D eigenvalue weighted by molar-refractivity contribution is 6.22. The first-order valence-electron chi connectivity index (χ1n) is 9.17. The lowest BCUT2D eigenvalue weighted by Gasteiger charge is -2.06. The molecule has 0 fully saturated rings. The van der Waals surface area contributed by atoms with E-state index < -0.39 is 0 Å². The number of imidazole rings is 1. The van der Waals surface area contributed by atoms with Crippen molar-refractivity contribution in [1.29, 1.82) is 0 Å². The van der Waals surface area contributed by atoms with Gasteiger partial charge in [-0.15, -0.1) is 0 Å². The molecule has 0 spiro atoms. The monoisotopic (exact) mass is 366 g/mol. The van der Waals surface area contributed by atoms with Gasteiger partial charge in [-0.1, -0.05) is 66.7 Å². The molecule has 0 saturated carbocycles. The van der Waals surface area contributed by atoms with E-state index in [2.05, 4.69) is 0 Å². The van der Waals surface area contributed by atoms with E-state index in [-0.39, 0.29) is 5.82 Å². The Morgan fingerprint density at radius 1 is 0.821 bits per heavy atom. The number of aromatic nitrogens is 2. The second-order valence-corrected chi connectivity index (χ2v) is 6.96. The topological polar surface area (TPSA) is 52.1 Å². The molecule has 1 heterocycles. The zero-order valence-corrected chi connectivity index (χ0v) is 15.3. The summed E-state index contributed by atoms with van der Waals surface area (Å²) < 4.78 is 1.88. The van der Waals surface area contributed by atoms with Crippen LogP contribution in [0, 0.1) is 5.21 Å². The van der Waals surface area contributed by atoms with Gasteiger partial charge in [0, 0.05) is 16.3 Å². The molecule has 0 bridgehead atoms. The Morgan fingerprint density at radius 2 is 1.36 bits per heavy atom. The Kier molecular flexibility index (Phi) is 3.59. The van der Waals surface area contributed by atoms with E-state index in [1.54, 1.807) is 0 Å². The van der Waals surface area contributed by atoms with E-state index >= 15 is 0 Å². The predicted molar refractivity (Wildman–Crippen MR) is 113 cm³/mol. The minimum Gasteiger partial charge on any atom is -0.710 e. The number of fused-ring (bicyclic) bond motifs is 6. The minimum atomic E-state index is 0.223. The van der Waals surface area contributed by atoms with E-state index in [0.29, 0.717) is 16.6 Å². The highest BCUT2D eigenvalue weighted by atomic mass is 16.5. The fraction of sp³-hybridized carbons (Fsp3) is 0.0417. The molecule has 5 aromatic rings. The standard InChI is InChI=1S/C24H18N2O2/c1-16(15-17-9-3-2-4-10-17)24-25(27)22-20-13-7-5-11-18(20)19-12-6-8-14-21(19)23(22)26(24)28/h2-15,27H,1H3/b16-15+. The van der Waals surface area contributed by atoms with Gasteiger partial charge < -0.3 is 10.4 Å². The van der Waals surface area contributed by atoms with Crippen LogP contribution in [-0.2, 0) is 0 Å². The first-order chi connectivity index (χ1) is 13.7. The lowest BCUT2D eigenvalue weighted by Crippen LogP contribution is -2.30. The zero-order valence-electron chi connectivity index (χ0n) is 15.3. The van der Waals surface area contributed by atoms with Crippen LogP contribution in [0.3, 0.4) is 0 Å². The van der Waals surface area contributed by atoms with E-state index in [9.17, 15) is 10.4 Å². The average molecular weight is 366 g/mol. The second-order valence-electron chi connectivity index (χ2n) is 6.96. The van der Waals surface area contributed by atoms with Gasteiger partial charge in [0.15, 0.2) is 5.52 Å². The fourth-order valence-corrected chi connectivity index (χ4v) is 4.01. The van der Waals surface area contributed by atoms with Gasteiger partial charge in [-0.05, 0) is 46.2 Å². The summed E-state index contributed by atoms with van der Waals surface area (Å²) in [4.78, 5) is 0. The van der Waals surface area contributed by atoms with Crippen LogP contribution in [0.5, 0.6) is 0 Å². The van der Waals surface area contributed by atoms with Gasteiger partial charge in [0.25, 0.3) is 0 Å². The fourth-order valence-electron chi connectivity index (χ4n) is 4.01. The molecule has 0 aliphatic heterocycles. The lowest BCUT2D eigenvalue weighted by molar-refractivity contribution is -0.581. The van der Waals surface area contributed by atoms with Crippen molar-refractivity contribution in [2.45, 2.75) is 6.92 Å². The van der Waals surface area contributed by atoms with E-state index in [1.807, 2.05) is 91.9 Å². The summed E-state index contributed by atoms with van der Waals surface area (Å²) >= 11 is 0. The molecular formula is C24H18N2O2. The molecular weight excluding hydrogens is 348 g/mol. The van der Waals surface area contributed by atoms with E-state index in [4.69, 9.17) is 0 Å². The molecule has 4 heteroatoms. The highest BCUT2D eigenvalue weighted by Crippen LogP contribution is 2.34.